The van der Waals surface area contributed by atoms with Gasteiger partial charge < -0.3 is 10.2 Å². The fourth-order valence-electron chi connectivity index (χ4n) is 4.25. The monoisotopic (exact) mass is 580 g/mol. The Labute approximate surface area is 241 Å². The second-order valence-corrected chi connectivity index (χ2v) is 12.6. The van der Waals surface area contributed by atoms with Crippen LogP contribution in [0.4, 0.5) is 11.4 Å². The summed E-state index contributed by atoms with van der Waals surface area (Å²) in [6, 6.07) is 19.2. The van der Waals surface area contributed by atoms with Crippen LogP contribution in [0.15, 0.2) is 83.8 Å². The van der Waals surface area contributed by atoms with Crippen molar-refractivity contribution < 1.29 is 22.9 Å². The quantitative estimate of drug-likeness (QED) is 0.256. The molecule has 41 heavy (non-hydrogen) atoms. The van der Waals surface area contributed by atoms with Gasteiger partial charge in [-0.3, -0.25) is 24.0 Å². The highest BCUT2D eigenvalue weighted by Crippen LogP contribution is 2.27. The first-order valence-electron chi connectivity index (χ1n) is 13.2. The number of nitrogens with one attached hydrogen (secondary N) is 1. The molecule has 0 unspecified atom stereocenters. The molecule has 2 amide bonds. The van der Waals surface area contributed by atoms with Crippen molar-refractivity contribution in [3.8, 4) is 0 Å². The van der Waals surface area contributed by atoms with Gasteiger partial charge in [0.2, 0.25) is 11.8 Å². The maximum Gasteiger partial charge on any atom is 0.269 e. The summed E-state index contributed by atoms with van der Waals surface area (Å²) in [5.74, 6) is -0.951. The van der Waals surface area contributed by atoms with E-state index in [2.05, 4.69) is 5.32 Å². The second-order valence-electron chi connectivity index (χ2n) is 10.8. The number of aryl methyl sites for hydroxylation is 1. The smallest absolute Gasteiger partial charge is 0.269 e. The fraction of sp³-hybridized carbons (Fsp3) is 0.333. The summed E-state index contributed by atoms with van der Waals surface area (Å²) >= 11 is 0. The van der Waals surface area contributed by atoms with Gasteiger partial charge in [0.25, 0.3) is 15.7 Å². The van der Waals surface area contributed by atoms with Gasteiger partial charge in [0.15, 0.2) is 0 Å². The van der Waals surface area contributed by atoms with Crippen LogP contribution in [0.25, 0.3) is 0 Å². The van der Waals surface area contributed by atoms with E-state index in [-0.39, 0.29) is 28.7 Å². The molecule has 0 heterocycles. The molecule has 0 spiro atoms. The standard InChI is InChI=1S/C30H36N4O6S/c1-6-27(29(36)31-30(3,4)5)32(20-23-14-12-22(2)13-15-23)28(35)21-33(24-16-18-25(19-17-24)34(37)38)41(39,40)26-10-8-7-9-11-26/h7-19,27H,6,20-21H2,1-5H3,(H,31,36)/t27-/m0/s1. The summed E-state index contributed by atoms with van der Waals surface area (Å²) < 4.78 is 28.5. The molecule has 0 bridgehead atoms. The van der Waals surface area contributed by atoms with E-state index in [1.54, 1.807) is 25.1 Å². The molecule has 3 aromatic carbocycles. The molecule has 10 nitrogen and oxygen atoms in total. The van der Waals surface area contributed by atoms with Crippen molar-refractivity contribution in [1.82, 2.24) is 10.2 Å². The maximum absolute atomic E-state index is 14.1. The van der Waals surface area contributed by atoms with Crippen LogP contribution >= 0.6 is 0 Å². The molecule has 0 aliphatic carbocycles. The first-order chi connectivity index (χ1) is 19.2. The zero-order valence-electron chi connectivity index (χ0n) is 23.9. The number of carbonyl (C=O) groups excluding carboxylic acids is 2. The van der Waals surface area contributed by atoms with Crippen molar-refractivity contribution >= 4 is 33.2 Å². The van der Waals surface area contributed by atoms with Crippen LogP contribution in [-0.2, 0) is 26.2 Å². The van der Waals surface area contributed by atoms with E-state index in [1.807, 2.05) is 52.0 Å². The highest BCUT2D eigenvalue weighted by Gasteiger charge is 2.34. The van der Waals surface area contributed by atoms with Crippen molar-refractivity contribution in [2.24, 2.45) is 0 Å². The minimum Gasteiger partial charge on any atom is -0.350 e. The number of benzene rings is 3. The summed E-state index contributed by atoms with van der Waals surface area (Å²) in [5.41, 5.74) is 1.12. The molecule has 0 saturated carbocycles. The first kappa shape index (κ1) is 31.3. The molecule has 1 N–H and O–H groups in total. The summed E-state index contributed by atoms with van der Waals surface area (Å²) in [5, 5.41) is 14.1. The number of hydrogen-bond acceptors (Lipinski definition) is 6. The molecule has 0 aromatic heterocycles. The number of nitrogens with zero attached hydrogens (tertiary/aromatic N) is 3. The van der Waals surface area contributed by atoms with E-state index in [0.29, 0.717) is 6.42 Å². The topological polar surface area (TPSA) is 130 Å². The zero-order chi connectivity index (χ0) is 30.4. The number of anilines is 1. The molecule has 0 aliphatic heterocycles. The number of nitro benzene ring substituents is 1. The van der Waals surface area contributed by atoms with Gasteiger partial charge in [0, 0.05) is 24.2 Å². The van der Waals surface area contributed by atoms with Crippen LogP contribution in [0.3, 0.4) is 0 Å². The number of rotatable bonds is 11. The Morgan fingerprint density at radius 2 is 1.54 bits per heavy atom. The van der Waals surface area contributed by atoms with E-state index in [1.165, 1.54) is 41.3 Å². The molecule has 0 fully saturated rings. The molecule has 3 rings (SSSR count). The molecule has 0 aliphatic rings. The predicted octanol–water partition coefficient (Wildman–Crippen LogP) is 4.82. The van der Waals surface area contributed by atoms with Crippen LogP contribution in [0.1, 0.15) is 45.2 Å². The number of amides is 2. The predicted molar refractivity (Wildman–Crippen MR) is 158 cm³/mol. The highest BCUT2D eigenvalue weighted by molar-refractivity contribution is 7.92. The van der Waals surface area contributed by atoms with Crippen LogP contribution in [0.5, 0.6) is 0 Å². The van der Waals surface area contributed by atoms with Gasteiger partial charge in [0.1, 0.15) is 12.6 Å². The molecule has 3 aromatic rings. The zero-order valence-corrected chi connectivity index (χ0v) is 24.7. The van der Waals surface area contributed by atoms with Crippen molar-refractivity contribution in [2.45, 2.75) is 64.1 Å². The van der Waals surface area contributed by atoms with E-state index in [0.717, 1.165) is 15.4 Å². The van der Waals surface area contributed by atoms with Gasteiger partial charge in [-0.05, 0) is 63.9 Å². The maximum atomic E-state index is 14.1. The van der Waals surface area contributed by atoms with Gasteiger partial charge in [-0.25, -0.2) is 8.42 Å². The van der Waals surface area contributed by atoms with Crippen LogP contribution < -0.4 is 9.62 Å². The van der Waals surface area contributed by atoms with Crippen molar-refractivity contribution in [3.63, 3.8) is 0 Å². The number of hydrogen-bond donors (Lipinski definition) is 1. The number of sulfonamides is 1. The summed E-state index contributed by atoms with van der Waals surface area (Å²) in [4.78, 5) is 39.4. The highest BCUT2D eigenvalue weighted by atomic mass is 32.2. The lowest BCUT2D eigenvalue weighted by atomic mass is 10.1. The summed E-state index contributed by atoms with van der Waals surface area (Å²) in [6.45, 7) is 8.70. The Morgan fingerprint density at radius 3 is 2.05 bits per heavy atom. The van der Waals surface area contributed by atoms with Crippen molar-refractivity contribution in [2.75, 3.05) is 10.8 Å². The SMILES string of the molecule is CC[C@@H](C(=O)NC(C)(C)C)N(Cc1ccc(C)cc1)C(=O)CN(c1ccc([N+](=O)[O-])cc1)S(=O)(=O)c1ccccc1. The normalized spacial score (nSPS) is 12.3. The third-order valence-electron chi connectivity index (χ3n) is 6.32. The van der Waals surface area contributed by atoms with Crippen LogP contribution in [0, 0.1) is 17.0 Å². The number of carbonyl (C=O) groups is 2. The molecule has 1 atom stereocenters. The lowest BCUT2D eigenvalue weighted by Gasteiger charge is -2.34. The third-order valence-corrected chi connectivity index (χ3v) is 8.10. The Kier molecular flexibility index (Phi) is 9.88. The molecule has 218 valence electrons. The average molecular weight is 581 g/mol. The van der Waals surface area contributed by atoms with Gasteiger partial charge in [-0.1, -0.05) is 55.0 Å². The number of nitro groups is 1. The van der Waals surface area contributed by atoms with Gasteiger partial charge in [0.05, 0.1) is 15.5 Å². The number of non-ortho nitro benzene ring substituents is 1. The van der Waals surface area contributed by atoms with Gasteiger partial charge in [-0.2, -0.15) is 0 Å². The van der Waals surface area contributed by atoms with Crippen LogP contribution in [-0.4, -0.2) is 48.2 Å². The van der Waals surface area contributed by atoms with Gasteiger partial charge >= 0.3 is 0 Å². The Bertz CT molecular complexity index is 1470. The molecule has 0 radical (unpaired) electrons. The Hall–Kier alpha value is -4.25. The van der Waals surface area contributed by atoms with E-state index in [4.69, 9.17) is 0 Å². The molecule has 0 saturated heterocycles. The summed E-state index contributed by atoms with van der Waals surface area (Å²) in [7, 11) is -4.26. The van der Waals surface area contributed by atoms with Crippen LogP contribution in [0.2, 0.25) is 0 Å². The Morgan fingerprint density at radius 1 is 0.951 bits per heavy atom. The van der Waals surface area contributed by atoms with E-state index in [9.17, 15) is 28.1 Å². The third kappa shape index (κ3) is 8.14. The molecular formula is C30H36N4O6S. The molecule has 11 heteroatoms. The largest absolute Gasteiger partial charge is 0.350 e. The minimum atomic E-state index is -4.26. The first-order valence-corrected chi connectivity index (χ1v) is 14.7. The van der Waals surface area contributed by atoms with E-state index >= 15 is 0 Å². The van der Waals surface area contributed by atoms with Gasteiger partial charge in [-0.15, -0.1) is 0 Å². The minimum absolute atomic E-state index is 0.0474. The second kappa shape index (κ2) is 12.9. The lowest BCUT2D eigenvalue weighted by Crippen LogP contribution is -2.55. The van der Waals surface area contributed by atoms with Crippen molar-refractivity contribution in [1.29, 1.82) is 0 Å². The summed E-state index contributed by atoms with van der Waals surface area (Å²) in [6.07, 6.45) is 0.294. The molecular weight excluding hydrogens is 544 g/mol. The Balaban J connectivity index is 2.07. The average Bonchev–Trinajstić information content (AvgIpc) is 2.92. The lowest BCUT2D eigenvalue weighted by molar-refractivity contribution is -0.384. The van der Waals surface area contributed by atoms with Crippen molar-refractivity contribution in [3.05, 3.63) is 100 Å². The fourth-order valence-corrected chi connectivity index (χ4v) is 5.69. The van der Waals surface area contributed by atoms with E-state index < -0.39 is 39.0 Å².